The number of benzene rings is 1. The van der Waals surface area contributed by atoms with Crippen LogP contribution >= 0.6 is 11.6 Å². The van der Waals surface area contributed by atoms with E-state index in [1.165, 1.54) is 19.2 Å². The Balaban J connectivity index is 2.11. The van der Waals surface area contributed by atoms with Crippen LogP contribution in [0.5, 0.6) is 5.75 Å². The van der Waals surface area contributed by atoms with E-state index in [-0.39, 0.29) is 16.5 Å². The Morgan fingerprint density at radius 3 is 2.59 bits per heavy atom. The maximum absolute atomic E-state index is 12.4. The van der Waals surface area contributed by atoms with E-state index in [9.17, 15) is 9.59 Å². The van der Waals surface area contributed by atoms with Crippen molar-refractivity contribution in [3.63, 3.8) is 0 Å². The molecule has 1 saturated heterocycles. The molecule has 1 aliphatic rings. The number of halogens is 1. The third-order valence-electron chi connectivity index (χ3n) is 3.70. The van der Waals surface area contributed by atoms with E-state index in [1.54, 1.807) is 11.8 Å². The van der Waals surface area contributed by atoms with E-state index in [0.717, 1.165) is 25.9 Å². The minimum absolute atomic E-state index is 0.0774. The molecule has 1 aliphatic heterocycles. The van der Waals surface area contributed by atoms with Gasteiger partial charge in [-0.3, -0.25) is 9.59 Å². The molecule has 1 aromatic carbocycles. The summed E-state index contributed by atoms with van der Waals surface area (Å²) < 4.78 is 5.15. The van der Waals surface area contributed by atoms with Gasteiger partial charge in [0, 0.05) is 19.2 Å². The van der Waals surface area contributed by atoms with E-state index in [1.807, 2.05) is 0 Å². The Bertz CT molecular complexity index is 586. The average Bonchev–Trinajstić information content (AvgIpc) is 3.02. The lowest BCUT2D eigenvalue weighted by atomic mass is 10.1. The first-order chi connectivity index (χ1) is 10.4. The molecule has 0 spiro atoms. The third-order valence-corrected chi connectivity index (χ3v) is 4.03. The van der Waals surface area contributed by atoms with Crippen LogP contribution in [0.25, 0.3) is 0 Å². The molecule has 0 bridgehead atoms. The van der Waals surface area contributed by atoms with Crippen molar-refractivity contribution in [3.8, 4) is 5.75 Å². The summed E-state index contributed by atoms with van der Waals surface area (Å²) in [7, 11) is 1.44. The first kappa shape index (κ1) is 16.4. The molecule has 6 nitrogen and oxygen atoms in total. The molecule has 2 amide bonds. The topological polar surface area (TPSA) is 84.7 Å². The van der Waals surface area contributed by atoms with Crippen molar-refractivity contribution in [2.75, 3.05) is 25.9 Å². The van der Waals surface area contributed by atoms with Gasteiger partial charge in [0.25, 0.3) is 5.91 Å². The highest BCUT2D eigenvalue weighted by Crippen LogP contribution is 2.28. The van der Waals surface area contributed by atoms with E-state index in [0.29, 0.717) is 11.4 Å². The number of rotatable bonds is 4. The second-order valence-electron chi connectivity index (χ2n) is 5.30. The third kappa shape index (κ3) is 3.44. The summed E-state index contributed by atoms with van der Waals surface area (Å²) in [6, 6.07) is 2.33. The number of methoxy groups -OCH3 is 1. The minimum Gasteiger partial charge on any atom is -0.496 e. The molecular weight excluding hydrogens is 306 g/mol. The van der Waals surface area contributed by atoms with E-state index >= 15 is 0 Å². The lowest BCUT2D eigenvalue weighted by molar-refractivity contribution is -0.131. The Kier molecular flexibility index (Phi) is 5.13. The van der Waals surface area contributed by atoms with E-state index < -0.39 is 11.9 Å². The van der Waals surface area contributed by atoms with Crippen LogP contribution in [0.3, 0.4) is 0 Å². The van der Waals surface area contributed by atoms with Crippen LogP contribution in [0.4, 0.5) is 5.69 Å². The average molecular weight is 326 g/mol. The summed E-state index contributed by atoms with van der Waals surface area (Å²) in [6.07, 6.45) is 2.02. The van der Waals surface area contributed by atoms with Crippen molar-refractivity contribution >= 4 is 29.1 Å². The molecule has 120 valence electrons. The zero-order valence-corrected chi connectivity index (χ0v) is 13.4. The number of amides is 2. The summed E-state index contributed by atoms with van der Waals surface area (Å²) in [5, 5.41) is 2.95. The van der Waals surface area contributed by atoms with Crippen LogP contribution in [0.2, 0.25) is 5.02 Å². The Hall–Kier alpha value is -1.95. The lowest BCUT2D eigenvalue weighted by Crippen LogP contribution is -2.46. The van der Waals surface area contributed by atoms with Gasteiger partial charge in [-0.05, 0) is 25.8 Å². The van der Waals surface area contributed by atoms with Gasteiger partial charge in [0.05, 0.1) is 23.4 Å². The van der Waals surface area contributed by atoms with Crippen molar-refractivity contribution < 1.29 is 14.3 Å². The summed E-state index contributed by atoms with van der Waals surface area (Å²) in [5.74, 6) is -0.176. The van der Waals surface area contributed by atoms with Crippen molar-refractivity contribution in [3.05, 3.63) is 22.7 Å². The van der Waals surface area contributed by atoms with Gasteiger partial charge < -0.3 is 20.7 Å². The van der Waals surface area contributed by atoms with Gasteiger partial charge in [0.15, 0.2) is 0 Å². The Labute approximate surface area is 134 Å². The Morgan fingerprint density at radius 2 is 2.00 bits per heavy atom. The molecule has 1 aromatic rings. The normalized spacial score (nSPS) is 15.5. The molecule has 0 saturated carbocycles. The molecule has 1 unspecified atom stereocenters. The molecule has 1 heterocycles. The number of carbonyl (C=O) groups is 2. The van der Waals surface area contributed by atoms with Gasteiger partial charge in [0.2, 0.25) is 5.91 Å². The number of nitrogens with one attached hydrogen (secondary N) is 1. The van der Waals surface area contributed by atoms with E-state index in [4.69, 9.17) is 22.1 Å². The lowest BCUT2D eigenvalue weighted by Gasteiger charge is -2.21. The summed E-state index contributed by atoms with van der Waals surface area (Å²) >= 11 is 5.95. The standard InChI is InChI=1S/C15H20ClN3O3/c1-9(15(21)19-5-3-4-6-19)18-14(20)10-7-11(16)12(17)8-13(10)22-2/h7-9H,3-6,17H2,1-2H3,(H,18,20). The van der Waals surface area contributed by atoms with Crippen molar-refractivity contribution in [1.82, 2.24) is 10.2 Å². The number of nitrogen functional groups attached to an aromatic ring is 1. The van der Waals surface area contributed by atoms with Crippen molar-refractivity contribution in [2.24, 2.45) is 0 Å². The maximum Gasteiger partial charge on any atom is 0.255 e. The van der Waals surface area contributed by atoms with Crippen LogP contribution in [0, 0.1) is 0 Å². The number of likely N-dealkylation sites (tertiary alicyclic amines) is 1. The van der Waals surface area contributed by atoms with Crippen molar-refractivity contribution in [1.29, 1.82) is 0 Å². The first-order valence-corrected chi connectivity index (χ1v) is 7.54. The number of hydrogen-bond acceptors (Lipinski definition) is 4. The number of ether oxygens (including phenoxy) is 1. The van der Waals surface area contributed by atoms with Gasteiger partial charge in [-0.25, -0.2) is 0 Å². The molecule has 1 fully saturated rings. The molecule has 0 aliphatic carbocycles. The highest BCUT2D eigenvalue weighted by Gasteiger charge is 2.25. The highest BCUT2D eigenvalue weighted by molar-refractivity contribution is 6.33. The van der Waals surface area contributed by atoms with Crippen LogP contribution in [0.15, 0.2) is 12.1 Å². The summed E-state index contributed by atoms with van der Waals surface area (Å²) in [6.45, 7) is 3.16. The monoisotopic (exact) mass is 325 g/mol. The summed E-state index contributed by atoms with van der Waals surface area (Å²) in [4.78, 5) is 26.3. The molecule has 0 aromatic heterocycles. The number of nitrogens with zero attached hydrogens (tertiary/aromatic N) is 1. The maximum atomic E-state index is 12.4. The fraction of sp³-hybridized carbons (Fsp3) is 0.467. The zero-order chi connectivity index (χ0) is 16.3. The predicted octanol–water partition coefficient (Wildman–Crippen LogP) is 1.67. The quantitative estimate of drug-likeness (QED) is 0.825. The predicted molar refractivity (Wildman–Crippen MR) is 85.2 cm³/mol. The Morgan fingerprint density at radius 1 is 1.36 bits per heavy atom. The SMILES string of the molecule is COc1cc(N)c(Cl)cc1C(=O)NC(C)C(=O)N1CCCC1. The molecule has 2 rings (SSSR count). The summed E-state index contributed by atoms with van der Waals surface area (Å²) in [5.41, 5.74) is 6.28. The number of nitrogens with two attached hydrogens (primary N) is 1. The fourth-order valence-corrected chi connectivity index (χ4v) is 2.63. The van der Waals surface area contributed by atoms with Crippen LogP contribution < -0.4 is 15.8 Å². The van der Waals surface area contributed by atoms with Gasteiger partial charge in [-0.2, -0.15) is 0 Å². The smallest absolute Gasteiger partial charge is 0.255 e. The van der Waals surface area contributed by atoms with Crippen molar-refractivity contribution in [2.45, 2.75) is 25.8 Å². The molecule has 1 atom stereocenters. The molecule has 22 heavy (non-hydrogen) atoms. The second kappa shape index (κ2) is 6.87. The van der Waals surface area contributed by atoms with Gasteiger partial charge in [-0.15, -0.1) is 0 Å². The fourth-order valence-electron chi connectivity index (χ4n) is 2.46. The van der Waals surface area contributed by atoms with Gasteiger partial charge in [0.1, 0.15) is 11.8 Å². The highest BCUT2D eigenvalue weighted by atomic mass is 35.5. The van der Waals surface area contributed by atoms with E-state index in [2.05, 4.69) is 5.32 Å². The number of hydrogen-bond donors (Lipinski definition) is 2. The van der Waals surface area contributed by atoms with Gasteiger partial charge in [-0.1, -0.05) is 11.6 Å². The van der Waals surface area contributed by atoms with Gasteiger partial charge >= 0.3 is 0 Å². The zero-order valence-electron chi connectivity index (χ0n) is 12.7. The number of carbonyl (C=O) groups excluding carboxylic acids is 2. The molecular formula is C15H20ClN3O3. The number of anilines is 1. The van der Waals surface area contributed by atoms with Crippen LogP contribution in [-0.2, 0) is 4.79 Å². The first-order valence-electron chi connectivity index (χ1n) is 7.16. The minimum atomic E-state index is -0.605. The van der Waals surface area contributed by atoms with Crippen LogP contribution in [0.1, 0.15) is 30.1 Å². The molecule has 3 N–H and O–H groups in total. The molecule has 0 radical (unpaired) electrons. The molecule has 7 heteroatoms. The largest absolute Gasteiger partial charge is 0.496 e. The van der Waals surface area contributed by atoms with Crippen LogP contribution in [-0.4, -0.2) is 43.0 Å². The second-order valence-corrected chi connectivity index (χ2v) is 5.71.